The van der Waals surface area contributed by atoms with Crippen molar-refractivity contribution in [2.75, 3.05) is 26.3 Å². The van der Waals surface area contributed by atoms with Gasteiger partial charge in [0.05, 0.1) is 18.3 Å². The highest BCUT2D eigenvalue weighted by atomic mass is 16.5. The molecule has 0 amide bonds. The second-order valence-corrected chi connectivity index (χ2v) is 4.98. The summed E-state index contributed by atoms with van der Waals surface area (Å²) in [5.74, 6) is 0. The van der Waals surface area contributed by atoms with Crippen molar-refractivity contribution >= 4 is 0 Å². The van der Waals surface area contributed by atoms with Crippen LogP contribution in [0.25, 0.3) is 0 Å². The summed E-state index contributed by atoms with van der Waals surface area (Å²) in [7, 11) is 0. The third-order valence-corrected chi connectivity index (χ3v) is 1.76. The van der Waals surface area contributed by atoms with E-state index in [-0.39, 0.29) is 5.60 Å². The lowest BCUT2D eigenvalue weighted by molar-refractivity contribution is -0.00105. The van der Waals surface area contributed by atoms with E-state index in [0.717, 1.165) is 32.7 Å². The van der Waals surface area contributed by atoms with Crippen LogP contribution in [-0.2, 0) is 9.47 Å². The van der Waals surface area contributed by atoms with E-state index < -0.39 is 0 Å². The van der Waals surface area contributed by atoms with E-state index in [2.05, 4.69) is 39.9 Å². The van der Waals surface area contributed by atoms with Crippen LogP contribution >= 0.6 is 0 Å². The van der Waals surface area contributed by atoms with Gasteiger partial charge in [-0.3, -0.25) is 0 Å². The van der Waals surface area contributed by atoms with Gasteiger partial charge in [0, 0.05) is 13.2 Å². The third-order valence-electron chi connectivity index (χ3n) is 1.76. The van der Waals surface area contributed by atoms with E-state index in [1.807, 2.05) is 0 Å². The number of ether oxygens (including phenoxy) is 2. The van der Waals surface area contributed by atoms with Crippen LogP contribution in [0.3, 0.4) is 0 Å². The van der Waals surface area contributed by atoms with Gasteiger partial charge in [-0.05, 0) is 47.6 Å². The summed E-state index contributed by atoms with van der Waals surface area (Å²) in [5.41, 5.74) is -0.0254. The highest BCUT2D eigenvalue weighted by Crippen LogP contribution is 2.04. The Morgan fingerprint density at radius 3 is 2.27 bits per heavy atom. The second-order valence-electron chi connectivity index (χ2n) is 4.98. The molecule has 0 saturated carbocycles. The summed E-state index contributed by atoms with van der Waals surface area (Å²) >= 11 is 0. The maximum Gasteiger partial charge on any atom is 0.0599 e. The minimum atomic E-state index is -0.0254. The molecule has 0 spiro atoms. The zero-order valence-electron chi connectivity index (χ0n) is 10.9. The minimum Gasteiger partial charge on any atom is -0.379 e. The first kappa shape index (κ1) is 14.9. The maximum atomic E-state index is 5.58. The molecule has 0 aliphatic rings. The van der Waals surface area contributed by atoms with Gasteiger partial charge in [0.15, 0.2) is 0 Å². The molecule has 0 aliphatic carbocycles. The molecule has 0 aromatic rings. The molecule has 3 nitrogen and oxygen atoms in total. The first-order valence-corrected chi connectivity index (χ1v) is 5.88. The SMILES string of the molecule is CC(C)OCCCNCCOC(C)(C)C. The monoisotopic (exact) mass is 217 g/mol. The van der Waals surface area contributed by atoms with Crippen molar-refractivity contribution in [2.24, 2.45) is 0 Å². The Morgan fingerprint density at radius 1 is 1.07 bits per heavy atom. The predicted octanol–water partition coefficient (Wildman–Crippen LogP) is 2.21. The zero-order chi connectivity index (χ0) is 11.7. The molecule has 0 aromatic heterocycles. The predicted molar refractivity (Wildman–Crippen MR) is 64.3 cm³/mol. The van der Waals surface area contributed by atoms with Crippen LogP contribution < -0.4 is 5.32 Å². The molecule has 0 atom stereocenters. The average molecular weight is 217 g/mol. The van der Waals surface area contributed by atoms with E-state index in [1.165, 1.54) is 0 Å². The molecule has 0 saturated heterocycles. The quantitative estimate of drug-likeness (QED) is 0.632. The highest BCUT2D eigenvalue weighted by Gasteiger charge is 2.08. The van der Waals surface area contributed by atoms with E-state index in [0.29, 0.717) is 6.10 Å². The van der Waals surface area contributed by atoms with Crippen LogP contribution in [-0.4, -0.2) is 38.0 Å². The highest BCUT2D eigenvalue weighted by molar-refractivity contribution is 4.59. The first-order valence-electron chi connectivity index (χ1n) is 5.88. The molecule has 92 valence electrons. The van der Waals surface area contributed by atoms with Crippen molar-refractivity contribution in [1.82, 2.24) is 5.32 Å². The van der Waals surface area contributed by atoms with Crippen LogP contribution in [0.1, 0.15) is 41.0 Å². The Labute approximate surface area is 94.5 Å². The normalized spacial score (nSPS) is 12.4. The summed E-state index contributed by atoms with van der Waals surface area (Å²) in [5, 5.41) is 3.33. The molecule has 0 heterocycles. The van der Waals surface area contributed by atoms with Crippen LogP contribution in [0.4, 0.5) is 0 Å². The van der Waals surface area contributed by atoms with E-state index in [4.69, 9.17) is 9.47 Å². The van der Waals surface area contributed by atoms with Gasteiger partial charge in [0.1, 0.15) is 0 Å². The molecule has 0 bridgehead atoms. The van der Waals surface area contributed by atoms with Crippen molar-refractivity contribution in [2.45, 2.75) is 52.7 Å². The summed E-state index contributed by atoms with van der Waals surface area (Å²) < 4.78 is 11.0. The van der Waals surface area contributed by atoms with Crippen molar-refractivity contribution < 1.29 is 9.47 Å². The lowest BCUT2D eigenvalue weighted by atomic mass is 10.2. The van der Waals surface area contributed by atoms with E-state index in [9.17, 15) is 0 Å². The Balaban J connectivity index is 3.06. The van der Waals surface area contributed by atoms with Crippen molar-refractivity contribution in [3.05, 3.63) is 0 Å². The van der Waals surface area contributed by atoms with Crippen LogP contribution in [0.15, 0.2) is 0 Å². The number of hydrogen-bond donors (Lipinski definition) is 1. The smallest absolute Gasteiger partial charge is 0.0599 e. The minimum absolute atomic E-state index is 0.0254. The molecule has 15 heavy (non-hydrogen) atoms. The summed E-state index contributed by atoms with van der Waals surface area (Å²) in [6, 6.07) is 0. The molecule has 0 aromatic carbocycles. The Morgan fingerprint density at radius 2 is 1.73 bits per heavy atom. The first-order chi connectivity index (χ1) is 6.92. The third kappa shape index (κ3) is 13.9. The van der Waals surface area contributed by atoms with Gasteiger partial charge in [-0.15, -0.1) is 0 Å². The fourth-order valence-corrected chi connectivity index (χ4v) is 1.07. The fraction of sp³-hybridized carbons (Fsp3) is 1.00. The van der Waals surface area contributed by atoms with Crippen LogP contribution in [0.5, 0.6) is 0 Å². The zero-order valence-corrected chi connectivity index (χ0v) is 10.9. The molecule has 3 heteroatoms. The van der Waals surface area contributed by atoms with E-state index >= 15 is 0 Å². The number of hydrogen-bond acceptors (Lipinski definition) is 3. The molecule has 0 rings (SSSR count). The largest absolute Gasteiger partial charge is 0.379 e. The summed E-state index contributed by atoms with van der Waals surface area (Å²) in [6.07, 6.45) is 1.41. The topological polar surface area (TPSA) is 30.5 Å². The van der Waals surface area contributed by atoms with Crippen molar-refractivity contribution in [3.8, 4) is 0 Å². The van der Waals surface area contributed by atoms with Gasteiger partial charge in [-0.2, -0.15) is 0 Å². The lowest BCUT2D eigenvalue weighted by Gasteiger charge is -2.19. The van der Waals surface area contributed by atoms with Crippen LogP contribution in [0, 0.1) is 0 Å². The summed E-state index contributed by atoms with van der Waals surface area (Å²) in [6.45, 7) is 13.9. The van der Waals surface area contributed by atoms with Gasteiger partial charge in [0.2, 0.25) is 0 Å². The molecule has 1 N–H and O–H groups in total. The Kier molecular flexibility index (Phi) is 8.02. The van der Waals surface area contributed by atoms with Crippen molar-refractivity contribution in [1.29, 1.82) is 0 Å². The number of nitrogens with one attached hydrogen (secondary N) is 1. The molecule has 0 aliphatic heterocycles. The Bertz CT molecular complexity index is 141. The molecular weight excluding hydrogens is 190 g/mol. The van der Waals surface area contributed by atoms with Crippen LogP contribution in [0.2, 0.25) is 0 Å². The molecular formula is C12H27NO2. The fourth-order valence-electron chi connectivity index (χ4n) is 1.07. The molecule has 0 radical (unpaired) electrons. The van der Waals surface area contributed by atoms with Gasteiger partial charge < -0.3 is 14.8 Å². The Hall–Kier alpha value is -0.120. The standard InChI is InChI=1S/C12H27NO2/c1-11(2)14-9-6-7-13-8-10-15-12(3,4)5/h11,13H,6-10H2,1-5H3. The van der Waals surface area contributed by atoms with Crippen molar-refractivity contribution in [3.63, 3.8) is 0 Å². The van der Waals surface area contributed by atoms with Gasteiger partial charge in [0.25, 0.3) is 0 Å². The second kappa shape index (κ2) is 8.08. The average Bonchev–Trinajstić information content (AvgIpc) is 2.07. The summed E-state index contributed by atoms with van der Waals surface area (Å²) in [4.78, 5) is 0. The van der Waals surface area contributed by atoms with Gasteiger partial charge in [-0.25, -0.2) is 0 Å². The molecule has 0 unspecified atom stereocenters. The molecule has 0 fully saturated rings. The number of rotatable bonds is 8. The van der Waals surface area contributed by atoms with Gasteiger partial charge in [-0.1, -0.05) is 0 Å². The van der Waals surface area contributed by atoms with Gasteiger partial charge >= 0.3 is 0 Å². The maximum absolute atomic E-state index is 5.58. The lowest BCUT2D eigenvalue weighted by Crippen LogP contribution is -2.27. The van der Waals surface area contributed by atoms with E-state index in [1.54, 1.807) is 0 Å².